The van der Waals surface area contributed by atoms with Crippen LogP contribution in [0.5, 0.6) is 23.0 Å². The van der Waals surface area contributed by atoms with Crippen molar-refractivity contribution in [2.24, 2.45) is 5.92 Å². The Bertz CT molecular complexity index is 1300. The molecule has 3 atom stereocenters. The number of hydrogen-bond donors (Lipinski definition) is 2. The van der Waals surface area contributed by atoms with Gasteiger partial charge in [-0.05, 0) is 53.9 Å². The highest BCUT2D eigenvalue weighted by Crippen LogP contribution is 2.41. The highest BCUT2D eigenvalue weighted by molar-refractivity contribution is 5.99. The van der Waals surface area contributed by atoms with E-state index in [0.29, 0.717) is 72.4 Å². The van der Waals surface area contributed by atoms with E-state index in [4.69, 9.17) is 18.9 Å². The second kappa shape index (κ2) is 11.0. The van der Waals surface area contributed by atoms with Crippen LogP contribution >= 0.6 is 0 Å². The molecule has 0 spiro atoms. The van der Waals surface area contributed by atoms with E-state index in [2.05, 4.69) is 0 Å². The van der Waals surface area contributed by atoms with Gasteiger partial charge in [0.15, 0.2) is 17.3 Å². The van der Waals surface area contributed by atoms with Crippen LogP contribution in [0, 0.1) is 5.92 Å². The van der Waals surface area contributed by atoms with E-state index in [0.717, 1.165) is 0 Å². The van der Waals surface area contributed by atoms with Gasteiger partial charge in [-0.25, -0.2) is 0 Å². The number of methoxy groups -OCH3 is 2. The number of benzene rings is 3. The smallest absolute Gasteiger partial charge is 0.170 e. The molecular formula is C30H33NO7. The van der Waals surface area contributed by atoms with E-state index in [1.165, 1.54) is 0 Å². The Morgan fingerprint density at radius 2 is 1.71 bits per heavy atom. The molecule has 0 aromatic heterocycles. The summed E-state index contributed by atoms with van der Waals surface area (Å²) in [5, 5.41) is 23.1. The molecule has 5 rings (SSSR count). The number of aliphatic hydroxyl groups excluding tert-OH is 1. The molecule has 0 bridgehead atoms. The largest absolute Gasteiger partial charge is 0.497 e. The average molecular weight is 520 g/mol. The van der Waals surface area contributed by atoms with Crippen LogP contribution in [0.1, 0.15) is 34.0 Å². The van der Waals surface area contributed by atoms with Crippen LogP contribution in [0.3, 0.4) is 0 Å². The zero-order valence-electron chi connectivity index (χ0n) is 21.6. The molecule has 1 fully saturated rings. The van der Waals surface area contributed by atoms with Crippen molar-refractivity contribution in [2.75, 3.05) is 47.1 Å². The molecule has 38 heavy (non-hydrogen) atoms. The molecule has 2 aliphatic heterocycles. The van der Waals surface area contributed by atoms with Gasteiger partial charge >= 0.3 is 0 Å². The van der Waals surface area contributed by atoms with Crippen LogP contribution in [0.25, 0.3) is 0 Å². The number of nitrogens with zero attached hydrogens (tertiary/aromatic N) is 1. The summed E-state index contributed by atoms with van der Waals surface area (Å²) in [6.07, 6.45) is -0.490. The summed E-state index contributed by atoms with van der Waals surface area (Å²) in [6, 6.07) is 19.6. The van der Waals surface area contributed by atoms with E-state index >= 15 is 0 Å². The maximum atomic E-state index is 13.9. The number of aliphatic hydroxyl groups is 2. The molecular weight excluding hydrogens is 486 g/mol. The topological polar surface area (TPSA) is 97.7 Å². The van der Waals surface area contributed by atoms with Gasteiger partial charge in [-0.2, -0.15) is 0 Å². The summed E-state index contributed by atoms with van der Waals surface area (Å²) in [4.78, 5) is 15.9. The zero-order valence-corrected chi connectivity index (χ0v) is 21.6. The minimum absolute atomic E-state index is 0.187. The van der Waals surface area contributed by atoms with Crippen LogP contribution < -0.4 is 18.9 Å². The molecule has 2 N–H and O–H groups in total. The number of carbonyl (C=O) groups excluding carboxylic acids is 1. The number of piperidine rings is 1. The summed E-state index contributed by atoms with van der Waals surface area (Å²) >= 11 is 0. The van der Waals surface area contributed by atoms with Crippen molar-refractivity contribution >= 4 is 5.78 Å². The molecule has 1 saturated heterocycles. The second-order valence-corrected chi connectivity index (χ2v) is 9.73. The van der Waals surface area contributed by atoms with Crippen molar-refractivity contribution < 1.29 is 34.0 Å². The van der Waals surface area contributed by atoms with Crippen molar-refractivity contribution in [3.05, 3.63) is 83.4 Å². The number of rotatable bonds is 8. The first kappa shape index (κ1) is 26.0. The lowest BCUT2D eigenvalue weighted by molar-refractivity contribution is -0.0704. The normalized spacial score (nSPS) is 21.9. The van der Waals surface area contributed by atoms with Crippen LogP contribution in [-0.4, -0.2) is 68.0 Å². The predicted molar refractivity (Wildman–Crippen MR) is 141 cm³/mol. The molecule has 2 aliphatic rings. The monoisotopic (exact) mass is 519 g/mol. The molecule has 3 aromatic rings. The maximum Gasteiger partial charge on any atom is 0.170 e. The molecule has 0 saturated carbocycles. The van der Waals surface area contributed by atoms with E-state index in [1.54, 1.807) is 56.7 Å². The summed E-state index contributed by atoms with van der Waals surface area (Å²) in [5.41, 5.74) is 0.390. The van der Waals surface area contributed by atoms with Crippen LogP contribution in [0.2, 0.25) is 0 Å². The minimum atomic E-state index is -1.41. The third-order valence-corrected chi connectivity index (χ3v) is 7.45. The van der Waals surface area contributed by atoms with E-state index in [-0.39, 0.29) is 12.3 Å². The van der Waals surface area contributed by atoms with E-state index in [1.807, 2.05) is 29.2 Å². The number of β-amino-alcohol motifs (C(OH)–C–C–N with tert-alkyl or cyclic N) is 1. The molecule has 0 aliphatic carbocycles. The van der Waals surface area contributed by atoms with Crippen LogP contribution in [0.15, 0.2) is 66.7 Å². The van der Waals surface area contributed by atoms with Gasteiger partial charge in [0.25, 0.3) is 0 Å². The zero-order chi connectivity index (χ0) is 26.7. The number of hydrogen-bond acceptors (Lipinski definition) is 8. The second-order valence-electron chi connectivity index (χ2n) is 9.73. The Labute approximate surface area is 222 Å². The summed E-state index contributed by atoms with van der Waals surface area (Å²) in [6.45, 7) is 2.04. The van der Waals surface area contributed by atoms with Crippen molar-refractivity contribution in [2.45, 2.75) is 18.1 Å². The Kier molecular flexibility index (Phi) is 7.56. The third-order valence-electron chi connectivity index (χ3n) is 7.45. The highest BCUT2D eigenvalue weighted by Gasteiger charge is 2.47. The lowest BCUT2D eigenvalue weighted by atomic mass is 9.72. The van der Waals surface area contributed by atoms with Crippen molar-refractivity contribution in [1.82, 2.24) is 4.90 Å². The van der Waals surface area contributed by atoms with Gasteiger partial charge in [0.05, 0.1) is 26.2 Å². The fraction of sp³-hybridized carbons (Fsp3) is 0.367. The van der Waals surface area contributed by atoms with Gasteiger partial charge in [-0.1, -0.05) is 30.3 Å². The van der Waals surface area contributed by atoms with Crippen LogP contribution in [0.4, 0.5) is 0 Å². The molecule has 3 aromatic carbocycles. The van der Waals surface area contributed by atoms with Gasteiger partial charge in [0, 0.05) is 25.2 Å². The number of likely N-dealkylation sites (tertiary alicyclic amines) is 1. The first-order chi connectivity index (χ1) is 18.4. The fourth-order valence-corrected chi connectivity index (χ4v) is 5.30. The number of ether oxygens (including phenoxy) is 4. The lowest BCUT2D eigenvalue weighted by Crippen LogP contribution is -2.53. The fourth-order valence-electron chi connectivity index (χ4n) is 5.30. The van der Waals surface area contributed by atoms with Gasteiger partial charge in [0.2, 0.25) is 0 Å². The van der Waals surface area contributed by atoms with E-state index < -0.39 is 17.6 Å². The van der Waals surface area contributed by atoms with Gasteiger partial charge in [-0.15, -0.1) is 0 Å². The minimum Gasteiger partial charge on any atom is -0.497 e. The molecule has 8 heteroatoms. The molecule has 8 nitrogen and oxygen atoms in total. The SMILES string of the molecule is COc1cccc(C(=O)C2CN(CC(O)c3ccc4c(c3)OCCO4)CCC2(O)c2cccc(OC)c2)c1. The Balaban J connectivity index is 1.42. The number of fused-ring (bicyclic) bond motifs is 1. The first-order valence-electron chi connectivity index (χ1n) is 12.8. The summed E-state index contributed by atoms with van der Waals surface area (Å²) in [7, 11) is 3.13. The molecule has 2 heterocycles. The molecule has 0 amide bonds. The molecule has 3 unspecified atom stereocenters. The lowest BCUT2D eigenvalue weighted by Gasteiger charge is -2.44. The average Bonchev–Trinajstić information content (AvgIpc) is 2.97. The Morgan fingerprint density at radius 3 is 2.47 bits per heavy atom. The van der Waals surface area contributed by atoms with Crippen molar-refractivity contribution in [1.29, 1.82) is 0 Å². The number of ketones is 1. The van der Waals surface area contributed by atoms with Gasteiger partial charge < -0.3 is 29.2 Å². The number of carbonyl (C=O) groups is 1. The summed E-state index contributed by atoms with van der Waals surface area (Å²) in [5.74, 6) is 1.50. The van der Waals surface area contributed by atoms with Gasteiger partial charge in [-0.3, -0.25) is 9.69 Å². The molecule has 200 valence electrons. The van der Waals surface area contributed by atoms with Crippen molar-refractivity contribution in [3.8, 4) is 23.0 Å². The van der Waals surface area contributed by atoms with Crippen LogP contribution in [-0.2, 0) is 5.60 Å². The maximum absolute atomic E-state index is 13.9. The Hall–Kier alpha value is -3.59. The van der Waals surface area contributed by atoms with Gasteiger partial charge in [0.1, 0.15) is 30.3 Å². The Morgan fingerprint density at radius 1 is 1.00 bits per heavy atom. The van der Waals surface area contributed by atoms with Crippen molar-refractivity contribution in [3.63, 3.8) is 0 Å². The highest BCUT2D eigenvalue weighted by atomic mass is 16.6. The predicted octanol–water partition coefficient (Wildman–Crippen LogP) is 3.60. The number of Topliss-reactive ketones (excluding diaryl/α,β-unsaturated/α-hetero) is 1. The standard InChI is InChI=1S/C30H33NO7/c1-35-23-7-3-5-21(15-23)29(33)25-18-31(12-11-30(25,34)22-6-4-8-24(17-22)36-2)19-26(32)20-9-10-27-28(16-20)38-14-13-37-27/h3-10,15-17,25-26,32,34H,11-14,18-19H2,1-2H3. The van der Waals surface area contributed by atoms with E-state index in [9.17, 15) is 15.0 Å². The first-order valence-corrected chi connectivity index (χ1v) is 12.8. The molecule has 0 radical (unpaired) electrons. The third kappa shape index (κ3) is 5.20. The quantitative estimate of drug-likeness (QED) is 0.436. The summed E-state index contributed by atoms with van der Waals surface area (Å²) < 4.78 is 22.0.